The monoisotopic (exact) mass is 328 g/mol. The first-order valence-electron chi connectivity index (χ1n) is 8.04. The van der Waals surface area contributed by atoms with E-state index in [1.807, 2.05) is 6.07 Å². The summed E-state index contributed by atoms with van der Waals surface area (Å²) in [5, 5.41) is 6.48. The van der Waals surface area contributed by atoms with Gasteiger partial charge in [-0.3, -0.25) is 4.79 Å². The predicted molar refractivity (Wildman–Crippen MR) is 95.3 cm³/mol. The van der Waals surface area contributed by atoms with E-state index in [1.54, 1.807) is 0 Å². The van der Waals surface area contributed by atoms with Crippen LogP contribution in [0.3, 0.4) is 0 Å². The van der Waals surface area contributed by atoms with Crippen LogP contribution in [0.15, 0.2) is 42.5 Å². The number of piperidine rings is 1. The largest absolute Gasteiger partial charge is 0.348 e. The molecule has 2 aromatic rings. The molecule has 0 bridgehead atoms. The summed E-state index contributed by atoms with van der Waals surface area (Å²) in [5.74, 6) is 0.0486. The molecule has 1 aliphatic heterocycles. The predicted octanol–water partition coefficient (Wildman–Crippen LogP) is 3.16. The highest BCUT2D eigenvalue weighted by Crippen LogP contribution is 2.36. The fraction of sp³-hybridized carbons (Fsp3) is 0.316. The van der Waals surface area contributed by atoms with Crippen LogP contribution in [0.4, 0.5) is 0 Å². The van der Waals surface area contributed by atoms with E-state index in [1.165, 1.54) is 22.3 Å². The quantitative estimate of drug-likeness (QED) is 0.758. The highest BCUT2D eigenvalue weighted by Gasteiger charge is 2.21. The van der Waals surface area contributed by atoms with Crippen molar-refractivity contribution in [1.82, 2.24) is 10.6 Å². The normalized spacial score (nSPS) is 18.5. The molecule has 2 N–H and O–H groups in total. The number of rotatable bonds is 2. The molecule has 1 aliphatic carbocycles. The third kappa shape index (κ3) is 3.12. The molecule has 2 aliphatic rings. The van der Waals surface area contributed by atoms with E-state index < -0.39 is 0 Å². The molecule has 4 heteroatoms. The minimum Gasteiger partial charge on any atom is -0.348 e. The Labute approximate surface area is 142 Å². The number of amides is 1. The molecule has 0 spiro atoms. The van der Waals surface area contributed by atoms with Crippen molar-refractivity contribution < 1.29 is 4.79 Å². The molecule has 2 aromatic carbocycles. The minimum absolute atomic E-state index is 0. The van der Waals surface area contributed by atoms with Crippen molar-refractivity contribution in [2.24, 2.45) is 0 Å². The first-order valence-corrected chi connectivity index (χ1v) is 8.04. The van der Waals surface area contributed by atoms with Crippen molar-refractivity contribution in [2.45, 2.75) is 25.3 Å². The van der Waals surface area contributed by atoms with Gasteiger partial charge >= 0.3 is 0 Å². The van der Waals surface area contributed by atoms with Gasteiger partial charge in [-0.1, -0.05) is 30.3 Å². The van der Waals surface area contributed by atoms with Crippen LogP contribution in [0.2, 0.25) is 0 Å². The number of halogens is 1. The molecule has 1 saturated heterocycles. The molecule has 0 unspecified atom stereocenters. The lowest BCUT2D eigenvalue weighted by atomic mass is 10.0. The molecule has 4 rings (SSSR count). The maximum absolute atomic E-state index is 12.4. The van der Waals surface area contributed by atoms with Crippen molar-refractivity contribution in [3.63, 3.8) is 0 Å². The average Bonchev–Trinajstić information content (AvgIpc) is 2.93. The van der Waals surface area contributed by atoms with Gasteiger partial charge < -0.3 is 10.6 Å². The Hall–Kier alpha value is -1.84. The summed E-state index contributed by atoms with van der Waals surface area (Å²) in [6.45, 7) is 1.94. The van der Waals surface area contributed by atoms with Crippen LogP contribution in [0.5, 0.6) is 0 Å². The fourth-order valence-corrected chi connectivity index (χ4v) is 3.53. The number of carbonyl (C=O) groups excluding carboxylic acids is 1. The summed E-state index contributed by atoms with van der Waals surface area (Å²) in [4.78, 5) is 12.4. The maximum atomic E-state index is 12.4. The van der Waals surface area contributed by atoms with Gasteiger partial charge in [-0.2, -0.15) is 0 Å². The van der Waals surface area contributed by atoms with Crippen molar-refractivity contribution >= 4 is 18.3 Å². The lowest BCUT2D eigenvalue weighted by molar-refractivity contribution is 0.0930. The topological polar surface area (TPSA) is 41.1 Å². The molecule has 1 fully saturated rings. The zero-order valence-electron chi connectivity index (χ0n) is 13.0. The van der Waals surface area contributed by atoms with Crippen molar-refractivity contribution in [1.29, 1.82) is 0 Å². The van der Waals surface area contributed by atoms with Crippen LogP contribution in [0.1, 0.15) is 34.3 Å². The smallest absolute Gasteiger partial charge is 0.251 e. The molecule has 120 valence electrons. The van der Waals surface area contributed by atoms with Crippen molar-refractivity contribution in [2.75, 3.05) is 13.1 Å². The van der Waals surface area contributed by atoms with E-state index in [2.05, 4.69) is 47.0 Å². The standard InChI is InChI=1S/C19H20N2O.ClH/c22-19(21-16-5-3-9-20-12-16)14-7-8-18-15(11-14)10-13-4-1-2-6-17(13)18;/h1-2,4,6-8,11,16,20H,3,5,9-10,12H2,(H,21,22);1H/t16-;/m0./s1. The van der Waals surface area contributed by atoms with E-state index in [4.69, 9.17) is 0 Å². The van der Waals surface area contributed by atoms with Gasteiger partial charge in [0.25, 0.3) is 5.91 Å². The summed E-state index contributed by atoms with van der Waals surface area (Å²) in [6.07, 6.45) is 3.12. The van der Waals surface area contributed by atoms with Crippen LogP contribution in [-0.2, 0) is 6.42 Å². The maximum Gasteiger partial charge on any atom is 0.251 e. The first-order chi connectivity index (χ1) is 10.8. The summed E-state index contributed by atoms with van der Waals surface area (Å²) < 4.78 is 0. The average molecular weight is 329 g/mol. The summed E-state index contributed by atoms with van der Waals surface area (Å²) in [5.41, 5.74) is 5.96. The van der Waals surface area contributed by atoms with E-state index in [9.17, 15) is 4.79 Å². The van der Waals surface area contributed by atoms with Crippen molar-refractivity contribution in [3.8, 4) is 11.1 Å². The second kappa shape index (κ2) is 6.73. The van der Waals surface area contributed by atoms with Gasteiger partial charge in [0.05, 0.1) is 0 Å². The molecular formula is C19H21ClN2O. The zero-order chi connectivity index (χ0) is 14.9. The highest BCUT2D eigenvalue weighted by atomic mass is 35.5. The molecule has 1 atom stereocenters. The Morgan fingerprint density at radius 1 is 1.09 bits per heavy atom. The van der Waals surface area contributed by atoms with Gasteiger partial charge in [0.1, 0.15) is 0 Å². The van der Waals surface area contributed by atoms with Gasteiger partial charge in [-0.15, -0.1) is 12.4 Å². The van der Waals surface area contributed by atoms with Crippen LogP contribution in [0, 0.1) is 0 Å². The fourth-order valence-electron chi connectivity index (χ4n) is 3.53. The van der Waals surface area contributed by atoms with Crippen LogP contribution in [-0.4, -0.2) is 25.0 Å². The third-order valence-corrected chi connectivity index (χ3v) is 4.69. The number of carbonyl (C=O) groups is 1. The molecule has 0 aromatic heterocycles. The SMILES string of the molecule is Cl.O=C(N[C@H]1CCCNC1)c1ccc2c(c1)Cc1ccccc1-2. The number of hydrogen-bond acceptors (Lipinski definition) is 2. The van der Waals surface area contributed by atoms with Gasteiger partial charge in [0, 0.05) is 18.2 Å². The summed E-state index contributed by atoms with van der Waals surface area (Å²) in [6, 6.07) is 14.8. The molecule has 1 amide bonds. The Bertz CT molecular complexity index is 723. The lowest BCUT2D eigenvalue weighted by Crippen LogP contribution is -2.45. The molecule has 23 heavy (non-hydrogen) atoms. The van der Waals surface area contributed by atoms with Gasteiger partial charge in [-0.05, 0) is 60.2 Å². The Morgan fingerprint density at radius 3 is 2.74 bits per heavy atom. The van der Waals surface area contributed by atoms with Crippen molar-refractivity contribution in [3.05, 3.63) is 59.2 Å². The zero-order valence-corrected chi connectivity index (χ0v) is 13.8. The van der Waals surface area contributed by atoms with Gasteiger partial charge in [-0.25, -0.2) is 0 Å². The molecule has 3 nitrogen and oxygen atoms in total. The van der Waals surface area contributed by atoms with Crippen LogP contribution >= 0.6 is 12.4 Å². The Kier molecular flexibility index (Phi) is 4.69. The summed E-state index contributed by atoms with van der Waals surface area (Å²) in [7, 11) is 0. The van der Waals surface area contributed by atoms with Gasteiger partial charge in [0.15, 0.2) is 0 Å². The number of benzene rings is 2. The van der Waals surface area contributed by atoms with Crippen LogP contribution in [0.25, 0.3) is 11.1 Å². The second-order valence-corrected chi connectivity index (χ2v) is 6.22. The van der Waals surface area contributed by atoms with E-state index in [0.29, 0.717) is 0 Å². The van der Waals surface area contributed by atoms with E-state index in [0.717, 1.165) is 37.9 Å². The highest BCUT2D eigenvalue weighted by molar-refractivity contribution is 5.96. The lowest BCUT2D eigenvalue weighted by Gasteiger charge is -2.23. The van der Waals surface area contributed by atoms with E-state index in [-0.39, 0.29) is 24.4 Å². The number of fused-ring (bicyclic) bond motifs is 3. The number of hydrogen-bond donors (Lipinski definition) is 2. The minimum atomic E-state index is 0. The molecule has 0 radical (unpaired) electrons. The Morgan fingerprint density at radius 2 is 1.91 bits per heavy atom. The summed E-state index contributed by atoms with van der Waals surface area (Å²) >= 11 is 0. The van der Waals surface area contributed by atoms with E-state index >= 15 is 0 Å². The molecule has 1 heterocycles. The van der Waals surface area contributed by atoms with Gasteiger partial charge in [0.2, 0.25) is 0 Å². The third-order valence-electron chi connectivity index (χ3n) is 4.69. The molecule has 0 saturated carbocycles. The first kappa shape index (κ1) is 16.0. The number of nitrogens with one attached hydrogen (secondary N) is 2. The second-order valence-electron chi connectivity index (χ2n) is 6.22. The molecular weight excluding hydrogens is 308 g/mol. The Balaban J connectivity index is 0.00000156. The van der Waals surface area contributed by atoms with Crippen LogP contribution < -0.4 is 10.6 Å².